The van der Waals surface area contributed by atoms with Gasteiger partial charge < -0.3 is 14.4 Å². The number of hydrazone groups is 1. The number of aromatic nitrogens is 4. The van der Waals surface area contributed by atoms with Crippen LogP contribution in [-0.2, 0) is 13.6 Å². The van der Waals surface area contributed by atoms with Crippen molar-refractivity contribution in [2.45, 2.75) is 39.2 Å². The minimum absolute atomic E-state index is 0.00150. The fourth-order valence-electron chi connectivity index (χ4n) is 3.22. The van der Waals surface area contributed by atoms with E-state index in [9.17, 15) is 14.7 Å². The molecular weight excluding hydrogens is 468 g/mol. The summed E-state index contributed by atoms with van der Waals surface area (Å²) in [5.41, 5.74) is 3.15. The van der Waals surface area contributed by atoms with Crippen LogP contribution >= 0.6 is 15.9 Å². The summed E-state index contributed by atoms with van der Waals surface area (Å²) in [4.78, 5) is 31.2. The molecule has 1 aromatic carbocycles. The topological polar surface area (TPSA) is 127 Å². The van der Waals surface area contributed by atoms with Crippen molar-refractivity contribution in [1.29, 1.82) is 0 Å². The first kappa shape index (κ1) is 22.6. The van der Waals surface area contributed by atoms with Gasteiger partial charge in [0.2, 0.25) is 5.95 Å². The van der Waals surface area contributed by atoms with Gasteiger partial charge in [-0.1, -0.05) is 26.2 Å². The summed E-state index contributed by atoms with van der Waals surface area (Å²) in [5.74, 6) is 0.668. The number of nitrogens with zero attached hydrogens (tertiary/aromatic N) is 4. The first-order valence-corrected chi connectivity index (χ1v) is 10.7. The maximum atomic E-state index is 12.5. The number of halogens is 1. The standard InChI is InChI=1S/C20H25BrN6O4/c1-4-5-6-7-8-27-15-17(26(2)20(30)24-18(15)29)23-19(27)25-22-11-12-9-13(21)16(28)14(10-12)31-3/h9-11,28H,4-8H2,1-3H3,(H,23,25)(H,24,29,30)/b22-11-. The van der Waals surface area contributed by atoms with E-state index in [4.69, 9.17) is 4.74 Å². The Bertz CT molecular complexity index is 1230. The summed E-state index contributed by atoms with van der Waals surface area (Å²) < 4.78 is 8.66. The smallest absolute Gasteiger partial charge is 0.329 e. The maximum Gasteiger partial charge on any atom is 0.329 e. The van der Waals surface area contributed by atoms with Gasteiger partial charge in [0.15, 0.2) is 22.7 Å². The Morgan fingerprint density at radius 2 is 2.10 bits per heavy atom. The SMILES string of the molecule is CCCCCCn1c(N/N=C\c2cc(Br)c(O)c(OC)c2)nc2c1c(=O)[nH]c(=O)n2C. The van der Waals surface area contributed by atoms with Crippen LogP contribution in [0.15, 0.2) is 31.3 Å². The van der Waals surface area contributed by atoms with Gasteiger partial charge in [0.05, 0.1) is 17.8 Å². The first-order valence-electron chi connectivity index (χ1n) is 9.92. The van der Waals surface area contributed by atoms with E-state index >= 15 is 0 Å². The minimum atomic E-state index is -0.524. The van der Waals surface area contributed by atoms with E-state index in [1.165, 1.54) is 17.9 Å². The number of aromatic amines is 1. The van der Waals surface area contributed by atoms with Crippen molar-refractivity contribution in [2.75, 3.05) is 12.5 Å². The van der Waals surface area contributed by atoms with Gasteiger partial charge in [0, 0.05) is 13.6 Å². The maximum absolute atomic E-state index is 12.5. The molecule has 0 aliphatic heterocycles. The lowest BCUT2D eigenvalue weighted by molar-refractivity contribution is 0.372. The third kappa shape index (κ3) is 4.82. The number of hydrogen-bond acceptors (Lipinski definition) is 7. The molecule has 2 aromatic heterocycles. The van der Waals surface area contributed by atoms with Crippen molar-refractivity contribution >= 4 is 39.3 Å². The number of H-pyrrole nitrogens is 1. The van der Waals surface area contributed by atoms with E-state index in [0.717, 1.165) is 25.7 Å². The number of imidazole rings is 1. The van der Waals surface area contributed by atoms with E-state index in [0.29, 0.717) is 33.8 Å². The molecule has 10 nitrogen and oxygen atoms in total. The van der Waals surface area contributed by atoms with Crippen LogP contribution in [-0.4, -0.2) is 37.5 Å². The number of benzene rings is 1. The summed E-state index contributed by atoms with van der Waals surface area (Å²) in [6.45, 7) is 2.69. The Morgan fingerprint density at radius 3 is 2.81 bits per heavy atom. The number of rotatable bonds is 9. The quantitative estimate of drug-likeness (QED) is 0.239. The zero-order valence-corrected chi connectivity index (χ0v) is 19.2. The van der Waals surface area contributed by atoms with Crippen LogP contribution in [0.2, 0.25) is 0 Å². The second-order valence-corrected chi connectivity index (χ2v) is 7.92. The number of methoxy groups -OCH3 is 1. The number of phenolic OH excluding ortho intramolecular Hbond substituents is 1. The normalized spacial score (nSPS) is 11.5. The van der Waals surface area contributed by atoms with Crippen LogP contribution in [0.4, 0.5) is 5.95 Å². The molecule has 3 N–H and O–H groups in total. The van der Waals surface area contributed by atoms with Crippen molar-refractivity contribution in [3.05, 3.63) is 43.0 Å². The molecule has 0 bridgehead atoms. The second kappa shape index (κ2) is 9.82. The fraction of sp³-hybridized carbons (Fsp3) is 0.400. The molecule has 166 valence electrons. The number of unbranched alkanes of at least 4 members (excludes halogenated alkanes) is 3. The summed E-state index contributed by atoms with van der Waals surface area (Å²) in [6, 6.07) is 3.32. The lowest BCUT2D eigenvalue weighted by atomic mass is 10.2. The second-order valence-electron chi connectivity index (χ2n) is 7.06. The zero-order valence-electron chi connectivity index (χ0n) is 17.6. The van der Waals surface area contributed by atoms with Gasteiger partial charge >= 0.3 is 5.69 Å². The number of aryl methyl sites for hydroxylation is 2. The van der Waals surface area contributed by atoms with Crippen LogP contribution < -0.4 is 21.4 Å². The summed E-state index contributed by atoms with van der Waals surface area (Å²) in [7, 11) is 3.02. The molecule has 0 fully saturated rings. The van der Waals surface area contributed by atoms with Crippen molar-refractivity contribution in [1.82, 2.24) is 19.1 Å². The molecule has 3 rings (SSSR count). The molecule has 0 amide bonds. The molecule has 0 aliphatic rings. The Kier molecular flexibility index (Phi) is 7.16. The van der Waals surface area contributed by atoms with Crippen molar-refractivity contribution < 1.29 is 9.84 Å². The van der Waals surface area contributed by atoms with Gasteiger partial charge in [0.25, 0.3) is 5.56 Å². The minimum Gasteiger partial charge on any atom is -0.503 e. The summed E-state index contributed by atoms with van der Waals surface area (Å²) in [5, 5.41) is 14.2. The monoisotopic (exact) mass is 492 g/mol. The van der Waals surface area contributed by atoms with Crippen LogP contribution in [0.3, 0.4) is 0 Å². The van der Waals surface area contributed by atoms with E-state index in [-0.39, 0.29) is 11.4 Å². The summed E-state index contributed by atoms with van der Waals surface area (Å²) >= 11 is 3.27. The fourth-order valence-corrected chi connectivity index (χ4v) is 3.68. The van der Waals surface area contributed by atoms with Crippen LogP contribution in [0.25, 0.3) is 11.2 Å². The van der Waals surface area contributed by atoms with Crippen molar-refractivity contribution in [3.63, 3.8) is 0 Å². The molecule has 0 unspecified atom stereocenters. The third-order valence-electron chi connectivity index (χ3n) is 4.89. The van der Waals surface area contributed by atoms with Gasteiger partial charge in [0.1, 0.15) is 0 Å². The van der Waals surface area contributed by atoms with Crippen molar-refractivity contribution in [3.8, 4) is 11.5 Å². The molecule has 0 spiro atoms. The molecule has 3 aromatic rings. The van der Waals surface area contributed by atoms with Gasteiger partial charge in [-0.05, 0) is 40.0 Å². The molecule has 0 saturated carbocycles. The predicted molar refractivity (Wildman–Crippen MR) is 123 cm³/mol. The Morgan fingerprint density at radius 1 is 1.32 bits per heavy atom. The van der Waals surface area contributed by atoms with E-state index in [2.05, 4.69) is 43.3 Å². The van der Waals surface area contributed by atoms with Gasteiger partial charge in [-0.2, -0.15) is 10.1 Å². The number of fused-ring (bicyclic) bond motifs is 1. The zero-order chi connectivity index (χ0) is 22.5. The highest BCUT2D eigenvalue weighted by Crippen LogP contribution is 2.34. The van der Waals surface area contributed by atoms with Crippen LogP contribution in [0, 0.1) is 0 Å². The molecule has 0 radical (unpaired) electrons. The van der Waals surface area contributed by atoms with Crippen LogP contribution in [0.5, 0.6) is 11.5 Å². The number of aromatic hydroxyl groups is 1. The van der Waals surface area contributed by atoms with Gasteiger partial charge in [-0.3, -0.25) is 14.3 Å². The lowest BCUT2D eigenvalue weighted by Gasteiger charge is -2.08. The highest BCUT2D eigenvalue weighted by molar-refractivity contribution is 9.10. The third-order valence-corrected chi connectivity index (χ3v) is 5.50. The Balaban J connectivity index is 1.95. The van der Waals surface area contributed by atoms with E-state index in [1.54, 1.807) is 23.7 Å². The van der Waals surface area contributed by atoms with Gasteiger partial charge in [-0.15, -0.1) is 0 Å². The number of ether oxygens (including phenoxy) is 1. The molecule has 0 saturated heterocycles. The molecule has 31 heavy (non-hydrogen) atoms. The Hall–Kier alpha value is -3.08. The van der Waals surface area contributed by atoms with Crippen molar-refractivity contribution in [2.24, 2.45) is 12.1 Å². The predicted octanol–water partition coefficient (Wildman–Crippen LogP) is 2.93. The number of hydrogen-bond donors (Lipinski definition) is 3. The highest BCUT2D eigenvalue weighted by atomic mass is 79.9. The number of phenols is 1. The molecule has 2 heterocycles. The molecular formula is C20H25BrN6O4. The van der Waals surface area contributed by atoms with E-state index < -0.39 is 11.2 Å². The lowest BCUT2D eigenvalue weighted by Crippen LogP contribution is -2.29. The summed E-state index contributed by atoms with van der Waals surface area (Å²) in [6.07, 6.45) is 5.61. The largest absolute Gasteiger partial charge is 0.503 e. The van der Waals surface area contributed by atoms with E-state index in [1.807, 2.05) is 0 Å². The van der Waals surface area contributed by atoms with Gasteiger partial charge in [-0.25, -0.2) is 10.2 Å². The number of nitrogens with one attached hydrogen (secondary N) is 2. The Labute approximate surface area is 186 Å². The highest BCUT2D eigenvalue weighted by Gasteiger charge is 2.17. The molecule has 0 atom stereocenters. The first-order chi connectivity index (χ1) is 14.9. The molecule has 11 heteroatoms. The average Bonchev–Trinajstić information content (AvgIpc) is 3.11. The number of anilines is 1. The average molecular weight is 493 g/mol. The van der Waals surface area contributed by atoms with Crippen LogP contribution in [0.1, 0.15) is 38.2 Å². The molecule has 0 aliphatic carbocycles.